The van der Waals surface area contributed by atoms with Crippen molar-refractivity contribution in [2.24, 2.45) is 0 Å². The second-order valence-corrected chi connectivity index (χ2v) is 4.69. The monoisotopic (exact) mass is 255 g/mol. The van der Waals surface area contributed by atoms with Gasteiger partial charge in [0.1, 0.15) is 11.5 Å². The van der Waals surface area contributed by atoms with Gasteiger partial charge in [0.2, 0.25) is 0 Å². The molecule has 0 spiro atoms. The van der Waals surface area contributed by atoms with Crippen molar-refractivity contribution in [3.63, 3.8) is 0 Å². The third-order valence-electron chi connectivity index (χ3n) is 3.36. The first kappa shape index (κ1) is 13.6. The Bertz CT molecular complexity index is 515. The molecule has 0 fully saturated rings. The van der Waals surface area contributed by atoms with Gasteiger partial charge in [0.05, 0.1) is 0 Å². The van der Waals surface area contributed by atoms with Crippen LogP contribution in [0.25, 0.3) is 0 Å². The lowest BCUT2D eigenvalue weighted by atomic mass is 10.0. The minimum Gasteiger partial charge on any atom is -0.457 e. The van der Waals surface area contributed by atoms with E-state index < -0.39 is 0 Å². The second-order valence-electron chi connectivity index (χ2n) is 4.69. The van der Waals surface area contributed by atoms with E-state index in [1.807, 2.05) is 37.4 Å². The van der Waals surface area contributed by atoms with Crippen LogP contribution < -0.4 is 10.1 Å². The fourth-order valence-electron chi connectivity index (χ4n) is 2.17. The van der Waals surface area contributed by atoms with Crippen LogP contribution >= 0.6 is 0 Å². The van der Waals surface area contributed by atoms with Crippen LogP contribution in [0.3, 0.4) is 0 Å². The number of nitrogens with one attached hydrogen (secondary N) is 1. The highest BCUT2D eigenvalue weighted by Crippen LogP contribution is 2.26. The normalized spacial score (nSPS) is 12.2. The Morgan fingerprint density at radius 2 is 1.74 bits per heavy atom. The summed E-state index contributed by atoms with van der Waals surface area (Å²) < 4.78 is 5.89. The van der Waals surface area contributed by atoms with Gasteiger partial charge in [-0.25, -0.2) is 0 Å². The average Bonchev–Trinajstić information content (AvgIpc) is 2.44. The van der Waals surface area contributed by atoms with Gasteiger partial charge < -0.3 is 10.1 Å². The molecule has 0 heterocycles. The molecule has 1 atom stereocenters. The predicted octanol–water partition coefficient (Wildman–Crippen LogP) is 4.46. The fraction of sp³-hybridized carbons (Fsp3) is 0.294. The van der Waals surface area contributed by atoms with Crippen molar-refractivity contribution in [2.45, 2.75) is 26.3 Å². The van der Waals surface area contributed by atoms with Gasteiger partial charge in [-0.2, -0.15) is 0 Å². The van der Waals surface area contributed by atoms with Crippen molar-refractivity contribution < 1.29 is 4.74 Å². The Morgan fingerprint density at radius 1 is 1.05 bits per heavy atom. The molecule has 0 aliphatic carbocycles. The van der Waals surface area contributed by atoms with Gasteiger partial charge in [0.25, 0.3) is 0 Å². The molecule has 2 nitrogen and oxygen atoms in total. The van der Waals surface area contributed by atoms with Crippen LogP contribution in [0.15, 0.2) is 48.5 Å². The summed E-state index contributed by atoms with van der Waals surface area (Å²) in [6.45, 7) is 4.23. The molecule has 0 aliphatic heterocycles. The zero-order valence-electron chi connectivity index (χ0n) is 11.8. The van der Waals surface area contributed by atoms with Crippen LogP contribution in [0, 0.1) is 6.92 Å². The third kappa shape index (κ3) is 3.36. The van der Waals surface area contributed by atoms with Gasteiger partial charge in [0.15, 0.2) is 0 Å². The number of ether oxygens (including phenoxy) is 1. The van der Waals surface area contributed by atoms with Gasteiger partial charge in [-0.05, 0) is 49.7 Å². The Labute approximate surface area is 115 Å². The van der Waals surface area contributed by atoms with Gasteiger partial charge in [0, 0.05) is 6.04 Å². The van der Waals surface area contributed by atoms with Crippen LogP contribution in [-0.4, -0.2) is 7.05 Å². The lowest BCUT2D eigenvalue weighted by molar-refractivity contribution is 0.478. The molecule has 0 radical (unpaired) electrons. The number of hydrogen-bond acceptors (Lipinski definition) is 2. The lowest BCUT2D eigenvalue weighted by Gasteiger charge is -2.15. The van der Waals surface area contributed by atoms with Crippen LogP contribution in [0.1, 0.15) is 30.5 Å². The second kappa shape index (κ2) is 6.39. The topological polar surface area (TPSA) is 21.3 Å². The lowest BCUT2D eigenvalue weighted by Crippen LogP contribution is -2.14. The zero-order chi connectivity index (χ0) is 13.7. The van der Waals surface area contributed by atoms with Crippen molar-refractivity contribution in [2.75, 3.05) is 7.05 Å². The highest BCUT2D eigenvalue weighted by atomic mass is 16.5. The van der Waals surface area contributed by atoms with E-state index in [1.54, 1.807) is 0 Å². The van der Waals surface area contributed by atoms with Gasteiger partial charge >= 0.3 is 0 Å². The molecule has 1 unspecified atom stereocenters. The first-order valence-corrected chi connectivity index (χ1v) is 6.75. The highest BCUT2D eigenvalue weighted by molar-refractivity contribution is 5.38. The first-order chi connectivity index (χ1) is 9.24. The Morgan fingerprint density at radius 3 is 2.32 bits per heavy atom. The van der Waals surface area contributed by atoms with E-state index >= 15 is 0 Å². The minimum absolute atomic E-state index is 0.410. The SMILES string of the molecule is CCC(NC)c1ccc(Oc2ccccc2C)cc1. The summed E-state index contributed by atoms with van der Waals surface area (Å²) in [5.74, 6) is 1.79. The van der Waals surface area contributed by atoms with E-state index in [1.165, 1.54) is 5.56 Å². The van der Waals surface area contributed by atoms with Gasteiger partial charge in [-0.1, -0.05) is 37.3 Å². The molecular formula is C17H21NO. The third-order valence-corrected chi connectivity index (χ3v) is 3.36. The maximum Gasteiger partial charge on any atom is 0.130 e. The Balaban J connectivity index is 2.13. The fourth-order valence-corrected chi connectivity index (χ4v) is 2.17. The van der Waals surface area contributed by atoms with Crippen molar-refractivity contribution >= 4 is 0 Å². The molecule has 0 amide bonds. The number of para-hydroxylation sites is 1. The van der Waals surface area contributed by atoms with E-state index in [0.29, 0.717) is 6.04 Å². The van der Waals surface area contributed by atoms with Crippen LogP contribution in [0.4, 0.5) is 0 Å². The summed E-state index contributed by atoms with van der Waals surface area (Å²) in [5, 5.41) is 3.31. The van der Waals surface area contributed by atoms with Gasteiger partial charge in [-0.15, -0.1) is 0 Å². The highest BCUT2D eigenvalue weighted by Gasteiger charge is 2.06. The van der Waals surface area contributed by atoms with Crippen LogP contribution in [0.2, 0.25) is 0 Å². The molecule has 2 rings (SSSR count). The predicted molar refractivity (Wildman–Crippen MR) is 79.8 cm³/mol. The van der Waals surface area contributed by atoms with Gasteiger partial charge in [-0.3, -0.25) is 0 Å². The van der Waals surface area contributed by atoms with Crippen LogP contribution in [0.5, 0.6) is 11.5 Å². The van der Waals surface area contributed by atoms with E-state index in [4.69, 9.17) is 4.74 Å². The molecule has 0 bridgehead atoms. The molecule has 100 valence electrons. The summed E-state index contributed by atoms with van der Waals surface area (Å²) in [4.78, 5) is 0. The smallest absolute Gasteiger partial charge is 0.130 e. The Kier molecular flexibility index (Phi) is 4.58. The summed E-state index contributed by atoms with van der Waals surface area (Å²) in [5.41, 5.74) is 2.44. The van der Waals surface area contributed by atoms with E-state index in [2.05, 4.69) is 37.4 Å². The standard InChI is InChI=1S/C17H21NO/c1-4-16(18-3)14-9-11-15(12-10-14)19-17-8-6-5-7-13(17)2/h5-12,16,18H,4H2,1-3H3. The molecule has 2 aromatic rings. The maximum atomic E-state index is 5.89. The molecule has 0 aliphatic rings. The summed E-state index contributed by atoms with van der Waals surface area (Å²) in [7, 11) is 1.99. The molecule has 1 N–H and O–H groups in total. The van der Waals surface area contributed by atoms with Crippen molar-refractivity contribution in [3.05, 3.63) is 59.7 Å². The molecule has 0 aromatic heterocycles. The Hall–Kier alpha value is -1.80. The summed E-state index contributed by atoms with van der Waals surface area (Å²) in [6, 6.07) is 16.8. The van der Waals surface area contributed by atoms with E-state index in [9.17, 15) is 0 Å². The maximum absolute atomic E-state index is 5.89. The van der Waals surface area contributed by atoms with Crippen molar-refractivity contribution in [1.82, 2.24) is 5.32 Å². The first-order valence-electron chi connectivity index (χ1n) is 6.75. The molecule has 0 saturated heterocycles. The van der Waals surface area contributed by atoms with E-state index in [0.717, 1.165) is 23.5 Å². The average molecular weight is 255 g/mol. The molecule has 2 aromatic carbocycles. The number of aryl methyl sites for hydroxylation is 1. The largest absolute Gasteiger partial charge is 0.457 e. The molecule has 19 heavy (non-hydrogen) atoms. The number of hydrogen-bond donors (Lipinski definition) is 1. The number of benzene rings is 2. The molecule has 0 saturated carbocycles. The molecule has 2 heteroatoms. The quantitative estimate of drug-likeness (QED) is 0.851. The molecular weight excluding hydrogens is 234 g/mol. The summed E-state index contributed by atoms with van der Waals surface area (Å²) in [6.07, 6.45) is 1.08. The van der Waals surface area contributed by atoms with Crippen molar-refractivity contribution in [1.29, 1.82) is 0 Å². The van der Waals surface area contributed by atoms with E-state index in [-0.39, 0.29) is 0 Å². The van der Waals surface area contributed by atoms with Crippen LogP contribution in [-0.2, 0) is 0 Å². The van der Waals surface area contributed by atoms with Crippen molar-refractivity contribution in [3.8, 4) is 11.5 Å². The minimum atomic E-state index is 0.410. The zero-order valence-corrected chi connectivity index (χ0v) is 11.8. The number of rotatable bonds is 5. The summed E-state index contributed by atoms with van der Waals surface area (Å²) >= 11 is 0.